The second kappa shape index (κ2) is 9.32. The summed E-state index contributed by atoms with van der Waals surface area (Å²) < 4.78 is 27.3. The SMILES string of the molecule is Cc1cc(C)c(C2C(=O)CC(CC3CCN(S(=O)(=O)c4ccc(Cl)cc4)CC3)C2=O)c(C)c1. The van der Waals surface area contributed by atoms with Crippen molar-refractivity contribution in [3.63, 3.8) is 0 Å². The largest absolute Gasteiger partial charge is 0.298 e. The maximum atomic E-state index is 13.3. The Kier molecular flexibility index (Phi) is 6.81. The summed E-state index contributed by atoms with van der Waals surface area (Å²) >= 11 is 5.88. The van der Waals surface area contributed by atoms with Crippen LogP contribution in [-0.4, -0.2) is 37.4 Å². The number of benzene rings is 2. The molecule has 0 N–H and O–H groups in total. The molecule has 176 valence electrons. The summed E-state index contributed by atoms with van der Waals surface area (Å²) in [5.41, 5.74) is 4.01. The lowest BCUT2D eigenvalue weighted by atomic mass is 9.83. The Labute approximate surface area is 201 Å². The Balaban J connectivity index is 1.41. The highest BCUT2D eigenvalue weighted by Gasteiger charge is 2.44. The van der Waals surface area contributed by atoms with Gasteiger partial charge in [0.2, 0.25) is 10.0 Å². The second-order valence-corrected chi connectivity index (χ2v) is 11.9. The Bertz CT molecular complexity index is 1160. The van der Waals surface area contributed by atoms with Crippen LogP contribution >= 0.6 is 11.6 Å². The van der Waals surface area contributed by atoms with Gasteiger partial charge >= 0.3 is 0 Å². The van der Waals surface area contributed by atoms with Gasteiger partial charge in [0.25, 0.3) is 0 Å². The fourth-order valence-electron chi connectivity index (χ4n) is 5.55. The van der Waals surface area contributed by atoms with Gasteiger partial charge in [0.15, 0.2) is 5.78 Å². The van der Waals surface area contributed by atoms with Crippen LogP contribution in [0, 0.1) is 32.6 Å². The molecule has 2 unspecified atom stereocenters. The van der Waals surface area contributed by atoms with Gasteiger partial charge in [-0.3, -0.25) is 9.59 Å². The predicted octanol–water partition coefficient (Wildman–Crippen LogP) is 5.00. The normalized spacial score (nSPS) is 22.8. The Morgan fingerprint density at radius 2 is 1.55 bits per heavy atom. The summed E-state index contributed by atoms with van der Waals surface area (Å²) in [6.07, 6.45) is 2.33. The quantitative estimate of drug-likeness (QED) is 0.556. The van der Waals surface area contributed by atoms with E-state index in [0.29, 0.717) is 43.8 Å². The van der Waals surface area contributed by atoms with Gasteiger partial charge in [0, 0.05) is 30.5 Å². The molecule has 1 saturated carbocycles. The smallest absolute Gasteiger partial charge is 0.243 e. The zero-order valence-electron chi connectivity index (χ0n) is 19.3. The number of hydrogen-bond acceptors (Lipinski definition) is 4. The van der Waals surface area contributed by atoms with Gasteiger partial charge in [0.05, 0.1) is 4.90 Å². The third-order valence-electron chi connectivity index (χ3n) is 7.13. The highest BCUT2D eigenvalue weighted by Crippen LogP contribution is 2.40. The molecule has 2 aromatic carbocycles. The zero-order valence-corrected chi connectivity index (χ0v) is 20.9. The van der Waals surface area contributed by atoms with E-state index in [0.717, 1.165) is 22.3 Å². The molecule has 2 aliphatic rings. The number of halogens is 1. The molecule has 33 heavy (non-hydrogen) atoms. The van der Waals surface area contributed by atoms with Crippen molar-refractivity contribution in [1.29, 1.82) is 0 Å². The number of nitrogens with zero attached hydrogens (tertiary/aromatic N) is 1. The molecule has 0 bridgehead atoms. The topological polar surface area (TPSA) is 71.5 Å². The first-order valence-corrected chi connectivity index (χ1v) is 13.3. The van der Waals surface area contributed by atoms with Gasteiger partial charge in [-0.25, -0.2) is 8.42 Å². The lowest BCUT2D eigenvalue weighted by molar-refractivity contribution is -0.125. The van der Waals surface area contributed by atoms with Crippen molar-refractivity contribution in [3.8, 4) is 0 Å². The average molecular weight is 488 g/mol. The third kappa shape index (κ3) is 4.79. The maximum absolute atomic E-state index is 13.3. The molecular formula is C26H30ClNO4S. The molecule has 2 aromatic rings. The molecular weight excluding hydrogens is 458 g/mol. The van der Waals surface area contributed by atoms with E-state index in [1.54, 1.807) is 12.1 Å². The highest BCUT2D eigenvalue weighted by molar-refractivity contribution is 7.89. The average Bonchev–Trinajstić information content (AvgIpc) is 3.01. The number of ketones is 2. The third-order valence-corrected chi connectivity index (χ3v) is 9.29. The summed E-state index contributed by atoms with van der Waals surface area (Å²) in [5, 5.41) is 0.498. The lowest BCUT2D eigenvalue weighted by Gasteiger charge is -2.32. The molecule has 2 atom stereocenters. The van der Waals surface area contributed by atoms with Crippen LogP contribution in [0.5, 0.6) is 0 Å². The van der Waals surface area contributed by atoms with Crippen LogP contribution in [0.3, 0.4) is 0 Å². The van der Waals surface area contributed by atoms with Crippen molar-refractivity contribution in [2.45, 2.75) is 57.3 Å². The fraction of sp³-hybridized carbons (Fsp3) is 0.462. The van der Waals surface area contributed by atoms with Crippen molar-refractivity contribution in [3.05, 3.63) is 63.7 Å². The summed E-state index contributed by atoms with van der Waals surface area (Å²) in [7, 11) is -3.55. The van der Waals surface area contributed by atoms with Crippen LogP contribution in [0.1, 0.15) is 53.9 Å². The Morgan fingerprint density at radius 3 is 2.12 bits per heavy atom. The predicted molar refractivity (Wildman–Crippen MR) is 129 cm³/mol. The number of Topliss-reactive ketones (excluding diaryl/α,β-unsaturated/α-hetero) is 2. The van der Waals surface area contributed by atoms with Gasteiger partial charge in [0.1, 0.15) is 11.7 Å². The van der Waals surface area contributed by atoms with Crippen LogP contribution in [0.15, 0.2) is 41.3 Å². The second-order valence-electron chi connectivity index (χ2n) is 9.55. The van der Waals surface area contributed by atoms with Crippen LogP contribution in [0.25, 0.3) is 0 Å². The van der Waals surface area contributed by atoms with Crippen LogP contribution in [0.2, 0.25) is 5.02 Å². The van der Waals surface area contributed by atoms with Crippen molar-refractivity contribution in [1.82, 2.24) is 4.31 Å². The first-order valence-electron chi connectivity index (χ1n) is 11.5. The molecule has 1 heterocycles. The van der Waals surface area contributed by atoms with E-state index >= 15 is 0 Å². The molecule has 0 radical (unpaired) electrons. The number of carbonyl (C=O) groups is 2. The molecule has 1 aliphatic heterocycles. The van der Waals surface area contributed by atoms with E-state index in [-0.39, 0.29) is 28.3 Å². The monoisotopic (exact) mass is 487 g/mol. The molecule has 0 aromatic heterocycles. The summed E-state index contributed by atoms with van der Waals surface area (Å²) in [4.78, 5) is 26.4. The molecule has 4 rings (SSSR count). The van der Waals surface area contributed by atoms with Gasteiger partial charge in [-0.2, -0.15) is 4.31 Å². The summed E-state index contributed by atoms with van der Waals surface area (Å²) in [5.74, 6) is -0.635. The standard InChI is InChI=1S/C26H30ClNO4S/c1-16-12-17(2)24(18(3)13-16)25-23(29)15-20(26(25)30)14-19-8-10-28(11-9-19)33(31,32)22-6-4-21(27)5-7-22/h4-7,12-13,19-20,25H,8-11,14-15H2,1-3H3. The number of carbonyl (C=O) groups excluding carboxylic acids is 2. The molecule has 2 fully saturated rings. The van der Waals surface area contributed by atoms with Gasteiger partial charge in [-0.15, -0.1) is 0 Å². The van der Waals surface area contributed by atoms with E-state index in [2.05, 4.69) is 0 Å². The van der Waals surface area contributed by atoms with Crippen LogP contribution < -0.4 is 0 Å². The zero-order chi connectivity index (χ0) is 23.9. The van der Waals surface area contributed by atoms with E-state index in [9.17, 15) is 18.0 Å². The number of hydrogen-bond donors (Lipinski definition) is 0. The van der Waals surface area contributed by atoms with E-state index in [1.165, 1.54) is 16.4 Å². The van der Waals surface area contributed by atoms with E-state index in [4.69, 9.17) is 11.6 Å². The number of rotatable bonds is 5. The summed E-state index contributed by atoms with van der Waals surface area (Å²) in [6.45, 7) is 6.80. The molecule has 5 nitrogen and oxygen atoms in total. The molecule has 1 aliphatic carbocycles. The number of aryl methyl sites for hydroxylation is 3. The Morgan fingerprint density at radius 1 is 0.970 bits per heavy atom. The van der Waals surface area contributed by atoms with Crippen molar-refractivity contribution in [2.75, 3.05) is 13.1 Å². The first-order chi connectivity index (χ1) is 15.6. The maximum Gasteiger partial charge on any atom is 0.243 e. The lowest BCUT2D eigenvalue weighted by Crippen LogP contribution is -2.39. The minimum atomic E-state index is -3.55. The summed E-state index contributed by atoms with van der Waals surface area (Å²) in [6, 6.07) is 10.3. The number of sulfonamides is 1. The van der Waals surface area contributed by atoms with Crippen molar-refractivity contribution >= 4 is 33.2 Å². The fourth-order valence-corrected chi connectivity index (χ4v) is 7.14. The van der Waals surface area contributed by atoms with Gasteiger partial charge in [-0.05, 0) is 86.9 Å². The molecule has 1 saturated heterocycles. The van der Waals surface area contributed by atoms with Crippen molar-refractivity contribution < 1.29 is 18.0 Å². The number of piperidine rings is 1. The van der Waals surface area contributed by atoms with Gasteiger partial charge < -0.3 is 0 Å². The first kappa shape index (κ1) is 24.1. The highest BCUT2D eigenvalue weighted by atomic mass is 35.5. The molecule has 7 heteroatoms. The van der Waals surface area contributed by atoms with Crippen molar-refractivity contribution in [2.24, 2.45) is 11.8 Å². The van der Waals surface area contributed by atoms with Crippen LogP contribution in [-0.2, 0) is 19.6 Å². The van der Waals surface area contributed by atoms with E-state index in [1.807, 2.05) is 32.9 Å². The van der Waals surface area contributed by atoms with E-state index < -0.39 is 15.9 Å². The Hall–Kier alpha value is -2.02. The van der Waals surface area contributed by atoms with Crippen LogP contribution in [0.4, 0.5) is 0 Å². The molecule has 0 spiro atoms. The minimum Gasteiger partial charge on any atom is -0.298 e. The minimum absolute atomic E-state index is 0.0165. The van der Waals surface area contributed by atoms with Gasteiger partial charge in [-0.1, -0.05) is 29.3 Å². The molecule has 0 amide bonds.